The number of ether oxygens (including phenoxy) is 3. The quantitative estimate of drug-likeness (QED) is 0.699. The predicted molar refractivity (Wildman–Crippen MR) is 116 cm³/mol. The summed E-state index contributed by atoms with van der Waals surface area (Å²) in [7, 11) is 7.10. The zero-order valence-corrected chi connectivity index (χ0v) is 18.8. The van der Waals surface area contributed by atoms with E-state index in [2.05, 4.69) is 5.10 Å². The van der Waals surface area contributed by atoms with Gasteiger partial charge in [-0.25, -0.2) is 9.80 Å². The van der Waals surface area contributed by atoms with Crippen molar-refractivity contribution in [1.82, 2.24) is 14.1 Å². The maximum atomic E-state index is 12.8. The van der Waals surface area contributed by atoms with Gasteiger partial charge in [-0.1, -0.05) is 6.92 Å². The molecule has 1 amide bonds. The van der Waals surface area contributed by atoms with E-state index in [0.717, 1.165) is 9.13 Å². The lowest BCUT2D eigenvalue weighted by Gasteiger charge is -2.24. The van der Waals surface area contributed by atoms with Crippen LogP contribution >= 0.6 is 0 Å². The third-order valence-corrected chi connectivity index (χ3v) is 5.48. The first-order chi connectivity index (χ1) is 15.2. The van der Waals surface area contributed by atoms with Gasteiger partial charge in [-0.05, 0) is 12.1 Å². The lowest BCUT2D eigenvalue weighted by molar-refractivity contribution is -0.132. The van der Waals surface area contributed by atoms with Crippen molar-refractivity contribution in [3.05, 3.63) is 44.1 Å². The van der Waals surface area contributed by atoms with Gasteiger partial charge in [0.1, 0.15) is 5.56 Å². The zero-order valence-electron chi connectivity index (χ0n) is 18.8. The molecule has 0 radical (unpaired) electrons. The first-order valence-corrected chi connectivity index (χ1v) is 9.89. The molecule has 0 bridgehead atoms. The summed E-state index contributed by atoms with van der Waals surface area (Å²) in [6, 6.07) is 2.79. The van der Waals surface area contributed by atoms with Crippen molar-refractivity contribution in [2.75, 3.05) is 21.3 Å². The summed E-state index contributed by atoms with van der Waals surface area (Å²) >= 11 is 0. The maximum Gasteiger partial charge on any atom is 0.333 e. The number of benzene rings is 1. The Bertz CT molecular complexity index is 1210. The molecule has 1 unspecified atom stereocenters. The highest BCUT2D eigenvalue weighted by molar-refractivity contribution is 6.04. The molecular formula is C21H26N4O7. The van der Waals surface area contributed by atoms with Gasteiger partial charge in [-0.2, -0.15) is 5.10 Å². The fourth-order valence-electron chi connectivity index (χ4n) is 3.77. The van der Waals surface area contributed by atoms with Crippen molar-refractivity contribution in [3.8, 4) is 23.1 Å². The molecule has 0 spiro atoms. The standard InChI is InChI=1S/C21H26N4O7/c1-7-15(26)25-13(11-8-9-14(30-4)18(32-6)17(11)31-5)10-12(22-25)16-19(27)23(2)21(29)24(3)20(16)28/h8-9,13,27H,7,10H2,1-6H3. The van der Waals surface area contributed by atoms with Crippen molar-refractivity contribution in [2.45, 2.75) is 25.8 Å². The van der Waals surface area contributed by atoms with Gasteiger partial charge in [0.2, 0.25) is 17.5 Å². The van der Waals surface area contributed by atoms with Crippen LogP contribution in [0.4, 0.5) is 0 Å². The zero-order chi connectivity index (χ0) is 23.7. The number of aromatic nitrogens is 2. The van der Waals surface area contributed by atoms with Gasteiger partial charge < -0.3 is 19.3 Å². The minimum absolute atomic E-state index is 0.110. The predicted octanol–water partition coefficient (Wildman–Crippen LogP) is 0.903. The van der Waals surface area contributed by atoms with E-state index >= 15 is 0 Å². The second kappa shape index (κ2) is 8.77. The second-order valence-electron chi connectivity index (χ2n) is 7.19. The van der Waals surface area contributed by atoms with Crippen LogP contribution < -0.4 is 25.5 Å². The molecular weight excluding hydrogens is 420 g/mol. The van der Waals surface area contributed by atoms with E-state index in [0.29, 0.717) is 22.8 Å². The minimum atomic E-state index is -0.701. The number of hydrazone groups is 1. The molecule has 0 fully saturated rings. The number of carbonyl (C=O) groups is 1. The molecule has 2 heterocycles. The summed E-state index contributed by atoms with van der Waals surface area (Å²) in [5.74, 6) is 0.360. The molecule has 172 valence electrons. The second-order valence-corrected chi connectivity index (χ2v) is 7.19. The van der Waals surface area contributed by atoms with Crippen molar-refractivity contribution in [2.24, 2.45) is 19.2 Å². The highest BCUT2D eigenvalue weighted by Gasteiger charge is 2.37. The monoisotopic (exact) mass is 446 g/mol. The molecule has 1 aromatic carbocycles. The van der Waals surface area contributed by atoms with Crippen LogP contribution in [0.25, 0.3) is 0 Å². The Balaban J connectivity index is 2.21. The largest absolute Gasteiger partial charge is 0.494 e. The fourth-order valence-corrected chi connectivity index (χ4v) is 3.77. The summed E-state index contributed by atoms with van der Waals surface area (Å²) in [4.78, 5) is 37.6. The van der Waals surface area contributed by atoms with Crippen molar-refractivity contribution in [3.63, 3.8) is 0 Å². The number of hydrogen-bond acceptors (Lipinski definition) is 8. The summed E-state index contributed by atoms with van der Waals surface area (Å²) in [5.41, 5.74) is -0.734. The Hall–Kier alpha value is -3.76. The molecule has 0 aliphatic carbocycles. The number of methoxy groups -OCH3 is 3. The van der Waals surface area contributed by atoms with Crippen molar-refractivity contribution < 1.29 is 24.1 Å². The molecule has 11 nitrogen and oxygen atoms in total. The average Bonchev–Trinajstić information content (AvgIpc) is 3.24. The van der Waals surface area contributed by atoms with Crippen LogP contribution in [0.3, 0.4) is 0 Å². The third-order valence-electron chi connectivity index (χ3n) is 5.48. The van der Waals surface area contributed by atoms with Crippen LogP contribution in [0.2, 0.25) is 0 Å². The van der Waals surface area contributed by atoms with Gasteiger partial charge >= 0.3 is 5.69 Å². The normalized spacial score (nSPS) is 15.5. The first-order valence-electron chi connectivity index (χ1n) is 9.89. The van der Waals surface area contributed by atoms with Gasteiger partial charge in [-0.15, -0.1) is 0 Å². The summed E-state index contributed by atoms with van der Waals surface area (Å²) in [6.07, 6.45) is 0.277. The molecule has 3 rings (SSSR count). The summed E-state index contributed by atoms with van der Waals surface area (Å²) in [5, 5.41) is 16.2. The van der Waals surface area contributed by atoms with E-state index in [1.807, 2.05) is 0 Å². The molecule has 1 N–H and O–H groups in total. The fraction of sp³-hybridized carbons (Fsp3) is 0.429. The molecule has 1 atom stereocenters. The van der Waals surface area contributed by atoms with Gasteiger partial charge in [0.25, 0.3) is 5.56 Å². The van der Waals surface area contributed by atoms with E-state index in [1.165, 1.54) is 40.4 Å². The van der Waals surface area contributed by atoms with Crippen LogP contribution in [0, 0.1) is 0 Å². The number of nitrogens with zero attached hydrogens (tertiary/aromatic N) is 4. The first kappa shape index (κ1) is 22.9. The highest BCUT2D eigenvalue weighted by Crippen LogP contribution is 2.46. The van der Waals surface area contributed by atoms with Crippen LogP contribution in [0.5, 0.6) is 23.1 Å². The topological polar surface area (TPSA) is 125 Å². The van der Waals surface area contributed by atoms with Crippen LogP contribution in [0.1, 0.15) is 36.9 Å². The Kier molecular flexibility index (Phi) is 6.28. The van der Waals surface area contributed by atoms with E-state index in [1.54, 1.807) is 19.1 Å². The van der Waals surface area contributed by atoms with Gasteiger partial charge in [-0.3, -0.25) is 18.7 Å². The molecule has 1 aliphatic rings. The smallest absolute Gasteiger partial charge is 0.333 e. The summed E-state index contributed by atoms with van der Waals surface area (Å²) < 4.78 is 18.2. The molecule has 1 aromatic heterocycles. The third kappa shape index (κ3) is 3.49. The molecule has 2 aromatic rings. The Labute approximate surface area is 184 Å². The van der Waals surface area contributed by atoms with Gasteiger partial charge in [0.15, 0.2) is 11.5 Å². The molecule has 1 aliphatic heterocycles. The Morgan fingerprint density at radius 1 is 1.09 bits per heavy atom. The van der Waals surface area contributed by atoms with Crippen molar-refractivity contribution in [1.29, 1.82) is 0 Å². The average molecular weight is 446 g/mol. The number of aromatic hydroxyl groups is 1. The van der Waals surface area contributed by atoms with Crippen LogP contribution in [0.15, 0.2) is 26.8 Å². The minimum Gasteiger partial charge on any atom is -0.494 e. The number of amides is 1. The van der Waals surface area contributed by atoms with Crippen LogP contribution in [-0.4, -0.2) is 52.2 Å². The Morgan fingerprint density at radius 3 is 2.31 bits per heavy atom. The number of hydrogen-bond donors (Lipinski definition) is 1. The molecule has 11 heteroatoms. The SMILES string of the molecule is CCC(=O)N1N=C(c2c(O)n(C)c(=O)n(C)c2=O)CC1c1ccc(OC)c(OC)c1OC. The lowest BCUT2D eigenvalue weighted by Crippen LogP contribution is -2.39. The van der Waals surface area contributed by atoms with Gasteiger partial charge in [0.05, 0.1) is 33.1 Å². The molecule has 0 saturated carbocycles. The number of carbonyl (C=O) groups excluding carboxylic acids is 1. The maximum absolute atomic E-state index is 12.8. The van der Waals surface area contributed by atoms with E-state index in [4.69, 9.17) is 14.2 Å². The summed E-state index contributed by atoms with van der Waals surface area (Å²) in [6.45, 7) is 1.70. The van der Waals surface area contributed by atoms with E-state index in [-0.39, 0.29) is 30.0 Å². The lowest BCUT2D eigenvalue weighted by atomic mass is 9.97. The Morgan fingerprint density at radius 2 is 1.75 bits per heavy atom. The van der Waals surface area contributed by atoms with Gasteiger partial charge in [0, 0.05) is 32.5 Å². The van der Waals surface area contributed by atoms with Crippen molar-refractivity contribution >= 4 is 11.6 Å². The van der Waals surface area contributed by atoms with Crippen LogP contribution in [-0.2, 0) is 18.9 Å². The van der Waals surface area contributed by atoms with E-state index < -0.39 is 23.2 Å². The molecule has 32 heavy (non-hydrogen) atoms. The molecule has 0 saturated heterocycles. The highest BCUT2D eigenvalue weighted by atomic mass is 16.5. The number of rotatable bonds is 6. The van der Waals surface area contributed by atoms with E-state index in [9.17, 15) is 19.5 Å².